The van der Waals surface area contributed by atoms with Crippen LogP contribution in [0.2, 0.25) is 0 Å². The van der Waals surface area contributed by atoms with Crippen molar-refractivity contribution in [3.8, 4) is 0 Å². The van der Waals surface area contributed by atoms with Gasteiger partial charge in [0.1, 0.15) is 0 Å². The molecule has 0 aliphatic heterocycles. The van der Waals surface area contributed by atoms with E-state index < -0.39 is 0 Å². The summed E-state index contributed by atoms with van der Waals surface area (Å²) in [5.74, 6) is 0. The molecule has 1 aromatic carbocycles. The number of aliphatic imine (C=N–C) groups is 2. The van der Waals surface area contributed by atoms with Crippen LogP contribution in [-0.4, -0.2) is 24.5 Å². The molecule has 0 aliphatic rings. The maximum atomic E-state index is 4.36. The zero-order valence-electron chi connectivity index (χ0n) is 10.5. The van der Waals surface area contributed by atoms with Crippen LogP contribution in [0.1, 0.15) is 38.8 Å². The fourth-order valence-corrected chi connectivity index (χ4v) is 1.19. The largest absolute Gasteiger partial charge is 0.290 e. The van der Waals surface area contributed by atoms with Crippen LogP contribution in [0.25, 0.3) is 0 Å². The number of hydrogen-bond donors (Lipinski definition) is 0. The summed E-state index contributed by atoms with van der Waals surface area (Å²) in [6.45, 7) is 8.28. The zero-order chi connectivity index (χ0) is 12.0. The molecule has 0 bridgehead atoms. The summed E-state index contributed by atoms with van der Waals surface area (Å²) in [4.78, 5) is 8.72. The lowest BCUT2D eigenvalue weighted by Crippen LogP contribution is -1.93. The Morgan fingerprint density at radius 3 is 1.69 bits per heavy atom. The first kappa shape index (κ1) is 12.6. The molecule has 0 radical (unpaired) electrons. The Bertz CT molecular complexity index is 343. The maximum Gasteiger partial charge on any atom is 0.0443 e. The van der Waals surface area contributed by atoms with Gasteiger partial charge in [-0.2, -0.15) is 0 Å². The van der Waals surface area contributed by atoms with E-state index in [1.54, 1.807) is 0 Å². The quantitative estimate of drug-likeness (QED) is 0.690. The predicted octanol–water partition coefficient (Wildman–Crippen LogP) is 3.34. The molecule has 0 unspecified atom stereocenters. The summed E-state index contributed by atoms with van der Waals surface area (Å²) in [5.41, 5.74) is 2.25. The van der Waals surface area contributed by atoms with Crippen molar-refractivity contribution in [2.24, 2.45) is 9.98 Å². The molecule has 0 heterocycles. The molecule has 0 spiro atoms. The van der Waals surface area contributed by atoms with Crippen molar-refractivity contribution in [2.75, 3.05) is 0 Å². The highest BCUT2D eigenvalue weighted by Gasteiger charge is 1.92. The molecule has 16 heavy (non-hydrogen) atoms. The average molecular weight is 216 g/mol. The standard InChI is InChI=1S/C14H20N2/c1-11(2)15-9-13-6-5-7-14(8-13)10-16-12(3)4/h5-12H,1-4H3/b15-9+,16-10+. The lowest BCUT2D eigenvalue weighted by atomic mass is 10.1. The van der Waals surface area contributed by atoms with Gasteiger partial charge in [0.25, 0.3) is 0 Å². The summed E-state index contributed by atoms with van der Waals surface area (Å²) in [7, 11) is 0. The van der Waals surface area contributed by atoms with Gasteiger partial charge < -0.3 is 0 Å². The van der Waals surface area contributed by atoms with Crippen molar-refractivity contribution in [1.82, 2.24) is 0 Å². The third-order valence-electron chi connectivity index (χ3n) is 1.95. The first-order chi connectivity index (χ1) is 7.58. The highest BCUT2D eigenvalue weighted by Crippen LogP contribution is 2.02. The number of benzene rings is 1. The molecule has 86 valence electrons. The molecule has 1 rings (SSSR count). The topological polar surface area (TPSA) is 24.7 Å². The minimum absolute atomic E-state index is 0.341. The number of nitrogens with zero attached hydrogens (tertiary/aromatic N) is 2. The molecule has 2 heteroatoms. The summed E-state index contributed by atoms with van der Waals surface area (Å²) in [6.07, 6.45) is 3.83. The van der Waals surface area contributed by atoms with Gasteiger partial charge in [-0.1, -0.05) is 18.2 Å². The molecule has 1 aromatic rings. The van der Waals surface area contributed by atoms with Crippen molar-refractivity contribution >= 4 is 12.4 Å². The van der Waals surface area contributed by atoms with E-state index >= 15 is 0 Å². The molecule has 0 aliphatic carbocycles. The molecular formula is C14H20N2. The van der Waals surface area contributed by atoms with Crippen LogP contribution in [0.3, 0.4) is 0 Å². The Labute approximate surface area is 98.1 Å². The lowest BCUT2D eigenvalue weighted by Gasteiger charge is -1.99. The number of rotatable bonds is 4. The minimum atomic E-state index is 0.341. The number of hydrogen-bond acceptors (Lipinski definition) is 2. The van der Waals surface area contributed by atoms with E-state index in [1.165, 1.54) is 0 Å². The fraction of sp³-hybridized carbons (Fsp3) is 0.429. The van der Waals surface area contributed by atoms with Crippen molar-refractivity contribution in [3.63, 3.8) is 0 Å². The van der Waals surface area contributed by atoms with Gasteiger partial charge >= 0.3 is 0 Å². The third-order valence-corrected chi connectivity index (χ3v) is 1.95. The van der Waals surface area contributed by atoms with Crippen LogP contribution < -0.4 is 0 Å². The lowest BCUT2D eigenvalue weighted by molar-refractivity contribution is 0.841. The first-order valence-electron chi connectivity index (χ1n) is 5.74. The highest BCUT2D eigenvalue weighted by molar-refractivity contribution is 5.86. The van der Waals surface area contributed by atoms with E-state index in [0.29, 0.717) is 12.1 Å². The summed E-state index contributed by atoms with van der Waals surface area (Å²) in [6, 6.07) is 8.92. The Morgan fingerprint density at radius 1 is 0.875 bits per heavy atom. The van der Waals surface area contributed by atoms with E-state index in [2.05, 4.69) is 55.9 Å². The van der Waals surface area contributed by atoms with Gasteiger partial charge in [-0.25, -0.2) is 0 Å². The molecule has 0 N–H and O–H groups in total. The summed E-state index contributed by atoms with van der Waals surface area (Å²) < 4.78 is 0. The average Bonchev–Trinajstić information content (AvgIpc) is 2.24. The predicted molar refractivity (Wildman–Crippen MR) is 71.9 cm³/mol. The van der Waals surface area contributed by atoms with Gasteiger partial charge in [0, 0.05) is 24.5 Å². The first-order valence-corrected chi connectivity index (χ1v) is 5.74. The highest BCUT2D eigenvalue weighted by atomic mass is 14.7. The van der Waals surface area contributed by atoms with Crippen molar-refractivity contribution in [1.29, 1.82) is 0 Å². The van der Waals surface area contributed by atoms with E-state index in [4.69, 9.17) is 0 Å². The minimum Gasteiger partial charge on any atom is -0.290 e. The normalized spacial score (nSPS) is 12.4. The second-order valence-electron chi connectivity index (χ2n) is 4.41. The Balaban J connectivity index is 2.79. The van der Waals surface area contributed by atoms with E-state index in [9.17, 15) is 0 Å². The molecule has 0 atom stereocenters. The smallest absolute Gasteiger partial charge is 0.0443 e. The van der Waals surface area contributed by atoms with Gasteiger partial charge in [0.15, 0.2) is 0 Å². The van der Waals surface area contributed by atoms with E-state index in [-0.39, 0.29) is 0 Å². The van der Waals surface area contributed by atoms with Gasteiger partial charge in [0.05, 0.1) is 0 Å². The molecule has 0 fully saturated rings. The van der Waals surface area contributed by atoms with E-state index in [0.717, 1.165) is 11.1 Å². The van der Waals surface area contributed by atoms with Crippen LogP contribution in [0.15, 0.2) is 34.3 Å². The molecule has 0 aromatic heterocycles. The van der Waals surface area contributed by atoms with Gasteiger partial charge in [-0.15, -0.1) is 0 Å². The van der Waals surface area contributed by atoms with Crippen LogP contribution >= 0.6 is 0 Å². The molecule has 0 amide bonds. The van der Waals surface area contributed by atoms with Crippen LogP contribution in [-0.2, 0) is 0 Å². The fourth-order valence-electron chi connectivity index (χ4n) is 1.19. The second kappa shape index (κ2) is 6.21. The molecule has 0 saturated heterocycles. The van der Waals surface area contributed by atoms with Gasteiger partial charge in [-0.05, 0) is 44.9 Å². The third kappa shape index (κ3) is 4.87. The van der Waals surface area contributed by atoms with Crippen LogP contribution in [0, 0.1) is 0 Å². The molecular weight excluding hydrogens is 196 g/mol. The van der Waals surface area contributed by atoms with Crippen molar-refractivity contribution in [3.05, 3.63) is 35.4 Å². The Hall–Kier alpha value is -1.44. The SMILES string of the molecule is CC(C)/N=C/c1cccc(/C=N/C(C)C)c1. The summed E-state index contributed by atoms with van der Waals surface area (Å²) >= 11 is 0. The van der Waals surface area contributed by atoms with E-state index in [1.807, 2.05) is 18.5 Å². The second-order valence-corrected chi connectivity index (χ2v) is 4.41. The van der Waals surface area contributed by atoms with Gasteiger partial charge in [0.2, 0.25) is 0 Å². The molecule has 0 saturated carbocycles. The molecule has 2 nitrogen and oxygen atoms in total. The zero-order valence-corrected chi connectivity index (χ0v) is 10.5. The van der Waals surface area contributed by atoms with Crippen LogP contribution in [0.5, 0.6) is 0 Å². The van der Waals surface area contributed by atoms with Crippen molar-refractivity contribution < 1.29 is 0 Å². The monoisotopic (exact) mass is 216 g/mol. The Kier molecular flexibility index (Phi) is 4.90. The van der Waals surface area contributed by atoms with Crippen LogP contribution in [0.4, 0.5) is 0 Å². The van der Waals surface area contributed by atoms with Gasteiger partial charge in [-0.3, -0.25) is 9.98 Å². The summed E-state index contributed by atoms with van der Waals surface area (Å²) in [5, 5.41) is 0. The maximum absolute atomic E-state index is 4.36. The van der Waals surface area contributed by atoms with Crippen molar-refractivity contribution in [2.45, 2.75) is 39.8 Å². The Morgan fingerprint density at radius 2 is 1.31 bits per heavy atom.